The van der Waals surface area contributed by atoms with E-state index in [1.165, 1.54) is 17.0 Å². The number of hydrogen-bond donors (Lipinski definition) is 6. The van der Waals surface area contributed by atoms with Crippen LogP contribution >= 0.6 is 45.9 Å². The van der Waals surface area contributed by atoms with Crippen LogP contribution in [0.25, 0.3) is 0 Å². The van der Waals surface area contributed by atoms with Crippen LogP contribution in [0.4, 0.5) is 71.0 Å². The maximum atomic E-state index is 12.8. The summed E-state index contributed by atoms with van der Waals surface area (Å²) < 4.78 is 76.4. The summed E-state index contributed by atoms with van der Waals surface area (Å²) in [6.07, 6.45) is -5.99. The summed E-state index contributed by atoms with van der Waals surface area (Å²) in [5, 5.41) is 14.9. The molecule has 8 N–H and O–H groups in total. The second-order valence-corrected chi connectivity index (χ2v) is 13.0. The third-order valence-electron chi connectivity index (χ3n) is 6.70. The predicted octanol–water partition coefficient (Wildman–Crippen LogP) is 10.2. The van der Waals surface area contributed by atoms with Crippen LogP contribution in [0.2, 0.25) is 10.0 Å². The van der Waals surface area contributed by atoms with E-state index in [9.17, 15) is 35.9 Å². The highest BCUT2D eigenvalue weighted by atomic mass is 35.5. The number of nitrogens with one attached hydrogen (secondary N) is 4. The molecule has 55 heavy (non-hydrogen) atoms. The monoisotopic (exact) mass is 842 g/mol. The van der Waals surface area contributed by atoms with E-state index in [0.717, 1.165) is 59.1 Å². The van der Waals surface area contributed by atoms with Gasteiger partial charge in [0.2, 0.25) is 0 Å². The molecule has 0 radical (unpaired) electrons. The number of rotatable bonds is 8. The standard InChI is InChI=1S/2C16H11ClF3N5OS.CH4/c17-9-2-1-5-22-13(9)25-15-24-12(7-27-15)14(26)23-11-4-3-8(6-10(11)21)16(18,19)20;17-9-2-1-5-22-13(9)25-15-24-12(7-27-15)14(26)23-11-6-8(16(18,19)20)3-4-10(11)21;/h2*1-7H,21H2,(H,23,26)(H,22,24,25);1H4. The summed E-state index contributed by atoms with van der Waals surface area (Å²) >= 11 is 14.2. The molecule has 6 aromatic rings. The topological polar surface area (TPSA) is 186 Å². The minimum absolute atomic E-state index is 0. The van der Waals surface area contributed by atoms with E-state index in [2.05, 4.69) is 41.2 Å². The molecular formula is C33H26Cl2F6N10O2S2. The number of benzene rings is 2. The first-order valence-corrected chi connectivity index (χ1v) is 17.2. The van der Waals surface area contributed by atoms with Gasteiger partial charge in [0, 0.05) is 23.2 Å². The first kappa shape index (κ1) is 42.0. The van der Waals surface area contributed by atoms with Crippen molar-refractivity contribution >= 4 is 102 Å². The Morgan fingerprint density at radius 3 is 1.55 bits per heavy atom. The summed E-state index contributed by atoms with van der Waals surface area (Å²) in [4.78, 5) is 40.8. The van der Waals surface area contributed by atoms with Crippen molar-refractivity contribution in [2.24, 2.45) is 0 Å². The van der Waals surface area contributed by atoms with Crippen LogP contribution in [-0.2, 0) is 12.4 Å². The van der Waals surface area contributed by atoms with Gasteiger partial charge in [-0.15, -0.1) is 22.7 Å². The summed E-state index contributed by atoms with van der Waals surface area (Å²) in [6.45, 7) is 0. The summed E-state index contributed by atoms with van der Waals surface area (Å²) in [5.41, 5.74) is 9.21. The summed E-state index contributed by atoms with van der Waals surface area (Å²) in [5.74, 6) is -0.564. The van der Waals surface area contributed by atoms with Crippen molar-refractivity contribution in [3.63, 3.8) is 0 Å². The van der Waals surface area contributed by atoms with E-state index >= 15 is 0 Å². The number of nitrogens with zero attached hydrogens (tertiary/aromatic N) is 4. The van der Waals surface area contributed by atoms with Gasteiger partial charge in [0.15, 0.2) is 21.9 Å². The minimum atomic E-state index is -4.55. The van der Waals surface area contributed by atoms with E-state index in [0.29, 0.717) is 31.9 Å². The van der Waals surface area contributed by atoms with Crippen molar-refractivity contribution in [2.75, 3.05) is 32.7 Å². The maximum absolute atomic E-state index is 12.8. The Bertz CT molecular complexity index is 2300. The van der Waals surface area contributed by atoms with Gasteiger partial charge in [-0.05, 0) is 60.7 Å². The molecule has 2 aromatic carbocycles. The molecule has 0 aliphatic heterocycles. The normalized spacial score (nSPS) is 11.1. The van der Waals surface area contributed by atoms with Crippen molar-refractivity contribution in [3.05, 3.63) is 116 Å². The van der Waals surface area contributed by atoms with Crippen LogP contribution in [0.15, 0.2) is 83.8 Å². The van der Waals surface area contributed by atoms with E-state index in [1.54, 1.807) is 30.5 Å². The summed E-state index contributed by atoms with van der Waals surface area (Å²) in [7, 11) is 0. The van der Waals surface area contributed by atoms with Crippen LogP contribution < -0.4 is 32.7 Å². The first-order chi connectivity index (χ1) is 25.5. The van der Waals surface area contributed by atoms with Crippen LogP contribution in [0.5, 0.6) is 0 Å². The van der Waals surface area contributed by atoms with Gasteiger partial charge in [0.05, 0.1) is 43.9 Å². The van der Waals surface area contributed by atoms with Crippen molar-refractivity contribution in [1.82, 2.24) is 19.9 Å². The predicted molar refractivity (Wildman–Crippen MR) is 204 cm³/mol. The largest absolute Gasteiger partial charge is 0.416 e. The molecule has 0 unspecified atom stereocenters. The number of hydrogen-bond acceptors (Lipinski definition) is 12. The number of carbonyl (C=O) groups excluding carboxylic acids is 2. The van der Waals surface area contributed by atoms with Crippen molar-refractivity contribution in [2.45, 2.75) is 19.8 Å². The highest BCUT2D eigenvalue weighted by Gasteiger charge is 2.32. The molecule has 0 bridgehead atoms. The number of aromatic nitrogens is 4. The third kappa shape index (κ3) is 11.2. The molecule has 0 aliphatic rings. The Morgan fingerprint density at radius 1 is 0.636 bits per heavy atom. The number of halogens is 8. The molecule has 288 valence electrons. The number of nitrogen functional groups attached to an aromatic ring is 2. The van der Waals surface area contributed by atoms with Crippen LogP contribution in [0.3, 0.4) is 0 Å². The Morgan fingerprint density at radius 2 is 1.09 bits per heavy atom. The molecule has 0 atom stereocenters. The van der Waals surface area contributed by atoms with Gasteiger partial charge in [0.1, 0.15) is 11.4 Å². The zero-order chi connectivity index (χ0) is 39.2. The fourth-order valence-electron chi connectivity index (χ4n) is 4.10. The molecule has 0 saturated carbocycles. The average Bonchev–Trinajstić information content (AvgIpc) is 3.78. The zero-order valence-corrected chi connectivity index (χ0v) is 29.8. The molecule has 0 fully saturated rings. The molecule has 4 heterocycles. The lowest BCUT2D eigenvalue weighted by Gasteiger charge is -2.11. The molecule has 0 saturated heterocycles. The molecule has 4 aromatic heterocycles. The minimum Gasteiger partial charge on any atom is -0.397 e. The summed E-state index contributed by atoms with van der Waals surface area (Å²) in [6, 6.07) is 12.0. The lowest BCUT2D eigenvalue weighted by molar-refractivity contribution is -0.138. The van der Waals surface area contributed by atoms with Crippen LogP contribution in [0.1, 0.15) is 39.5 Å². The van der Waals surface area contributed by atoms with Crippen LogP contribution in [0, 0.1) is 0 Å². The molecule has 12 nitrogen and oxygen atoms in total. The average molecular weight is 844 g/mol. The van der Waals surface area contributed by atoms with Gasteiger partial charge in [-0.2, -0.15) is 26.3 Å². The molecule has 22 heteroatoms. The van der Waals surface area contributed by atoms with Gasteiger partial charge in [-0.3, -0.25) is 9.59 Å². The number of thiazole rings is 2. The highest BCUT2D eigenvalue weighted by molar-refractivity contribution is 7.14. The van der Waals surface area contributed by atoms with E-state index in [4.69, 9.17) is 34.7 Å². The third-order valence-corrected chi connectivity index (χ3v) is 8.82. The Labute approximate surface area is 326 Å². The van der Waals surface area contributed by atoms with Gasteiger partial charge in [-0.25, -0.2) is 19.9 Å². The fraction of sp³-hybridized carbons (Fsp3) is 0.0909. The molecular weight excluding hydrogens is 817 g/mol. The second kappa shape index (κ2) is 17.6. The number of carbonyl (C=O) groups is 2. The fourth-order valence-corrected chi connectivity index (χ4v) is 5.81. The van der Waals surface area contributed by atoms with Gasteiger partial charge in [0.25, 0.3) is 11.8 Å². The number of alkyl halides is 6. The lowest BCUT2D eigenvalue weighted by Crippen LogP contribution is -2.15. The van der Waals surface area contributed by atoms with Crippen molar-refractivity contribution < 1.29 is 35.9 Å². The molecule has 6 rings (SSSR count). The number of anilines is 8. The second-order valence-electron chi connectivity index (χ2n) is 10.5. The van der Waals surface area contributed by atoms with E-state index < -0.39 is 35.3 Å². The maximum Gasteiger partial charge on any atom is 0.416 e. The van der Waals surface area contributed by atoms with Crippen LogP contribution in [-0.4, -0.2) is 31.8 Å². The zero-order valence-electron chi connectivity index (χ0n) is 26.7. The number of nitrogens with two attached hydrogens (primary N) is 2. The quantitative estimate of drug-likeness (QED) is 0.0636. The SMILES string of the molecule is C.Nc1cc(C(F)(F)F)ccc1NC(=O)c1csc(Nc2ncccc2Cl)n1.Nc1ccc(C(F)(F)F)cc1NC(=O)c1csc(Nc2ncccc2Cl)n1. The Kier molecular flexibility index (Phi) is 13.5. The van der Waals surface area contributed by atoms with Crippen molar-refractivity contribution in [1.29, 1.82) is 0 Å². The van der Waals surface area contributed by atoms with Gasteiger partial charge in [-0.1, -0.05) is 30.6 Å². The van der Waals surface area contributed by atoms with Gasteiger partial charge >= 0.3 is 12.4 Å². The molecule has 0 spiro atoms. The number of amides is 2. The van der Waals surface area contributed by atoms with E-state index in [-0.39, 0.29) is 41.6 Å². The highest BCUT2D eigenvalue weighted by Crippen LogP contribution is 2.35. The number of pyridine rings is 2. The van der Waals surface area contributed by atoms with Gasteiger partial charge < -0.3 is 32.7 Å². The Balaban J connectivity index is 0.000000240. The molecule has 0 aliphatic carbocycles. The molecule has 2 amide bonds. The van der Waals surface area contributed by atoms with Crippen molar-refractivity contribution in [3.8, 4) is 0 Å². The van der Waals surface area contributed by atoms with E-state index in [1.807, 2.05) is 0 Å². The Hall–Kier alpha value is -5.70. The first-order valence-electron chi connectivity index (χ1n) is 14.7. The lowest BCUT2D eigenvalue weighted by atomic mass is 10.1. The smallest absolute Gasteiger partial charge is 0.397 e.